The first-order chi connectivity index (χ1) is 8.36. The molecule has 1 N–H and O–H groups in total. The third-order valence-electron chi connectivity index (χ3n) is 2.92. The third kappa shape index (κ3) is 3.01. The van der Waals surface area contributed by atoms with Gasteiger partial charge in [0.25, 0.3) is 10.1 Å². The maximum absolute atomic E-state index is 10.9. The van der Waals surface area contributed by atoms with Gasteiger partial charge in [0.05, 0.1) is 17.1 Å². The van der Waals surface area contributed by atoms with Crippen molar-refractivity contribution in [3.05, 3.63) is 24.3 Å². The lowest BCUT2D eigenvalue weighted by Crippen LogP contribution is -2.45. The summed E-state index contributed by atoms with van der Waals surface area (Å²) in [6.07, 6.45) is 0.296. The molecule has 1 aromatic carbocycles. The highest BCUT2D eigenvalue weighted by Gasteiger charge is 2.22. The molecule has 0 aliphatic carbocycles. The van der Waals surface area contributed by atoms with E-state index in [2.05, 4.69) is 4.90 Å². The third-order valence-corrected chi connectivity index (χ3v) is 3.79. The molecular weight excluding hydrogens is 254 g/mol. The lowest BCUT2D eigenvalue weighted by atomic mass is 10.2. The van der Waals surface area contributed by atoms with Crippen molar-refractivity contribution in [2.24, 2.45) is 0 Å². The Balaban J connectivity index is 2.19. The highest BCUT2D eigenvalue weighted by atomic mass is 32.2. The topological polar surface area (TPSA) is 66.8 Å². The largest absolute Gasteiger partial charge is 0.372 e. The summed E-state index contributed by atoms with van der Waals surface area (Å²) < 4.78 is 36.4. The van der Waals surface area contributed by atoms with Gasteiger partial charge in [-0.3, -0.25) is 4.55 Å². The van der Waals surface area contributed by atoms with E-state index >= 15 is 0 Å². The van der Waals surface area contributed by atoms with Gasteiger partial charge in [-0.2, -0.15) is 8.42 Å². The standard InChI is InChI=1S/C12H17NO4S/c1-9-7-13(8-10(2)17-9)11-3-5-12(6-4-11)18(14,15)16/h3-6,9-10H,7-8H2,1-2H3,(H,14,15,16). The van der Waals surface area contributed by atoms with Crippen molar-refractivity contribution in [1.82, 2.24) is 0 Å². The highest BCUT2D eigenvalue weighted by Crippen LogP contribution is 2.22. The SMILES string of the molecule is CC1CN(c2ccc(S(=O)(=O)O)cc2)CC(C)O1. The van der Waals surface area contributed by atoms with Gasteiger partial charge in [0, 0.05) is 18.8 Å². The van der Waals surface area contributed by atoms with Crippen LogP contribution >= 0.6 is 0 Å². The summed E-state index contributed by atoms with van der Waals surface area (Å²) >= 11 is 0. The van der Waals surface area contributed by atoms with E-state index in [0.717, 1.165) is 18.8 Å². The molecule has 1 saturated heterocycles. The smallest absolute Gasteiger partial charge is 0.294 e. The minimum absolute atomic E-state index is 0.0828. The Labute approximate surface area is 107 Å². The number of anilines is 1. The molecule has 2 rings (SSSR count). The molecule has 6 heteroatoms. The van der Waals surface area contributed by atoms with Gasteiger partial charge in [0.1, 0.15) is 0 Å². The number of hydrogen-bond acceptors (Lipinski definition) is 4. The maximum Gasteiger partial charge on any atom is 0.294 e. The van der Waals surface area contributed by atoms with Gasteiger partial charge in [-0.15, -0.1) is 0 Å². The fourth-order valence-corrected chi connectivity index (χ4v) is 2.70. The van der Waals surface area contributed by atoms with Crippen molar-refractivity contribution in [3.8, 4) is 0 Å². The van der Waals surface area contributed by atoms with Crippen molar-refractivity contribution in [2.75, 3.05) is 18.0 Å². The second-order valence-corrected chi connectivity index (χ2v) is 6.05. The quantitative estimate of drug-likeness (QED) is 0.827. The summed E-state index contributed by atoms with van der Waals surface area (Å²) in [6, 6.07) is 6.23. The summed E-state index contributed by atoms with van der Waals surface area (Å²) in [4.78, 5) is 2.06. The number of benzene rings is 1. The van der Waals surface area contributed by atoms with Crippen LogP contribution in [0.4, 0.5) is 5.69 Å². The summed E-state index contributed by atoms with van der Waals surface area (Å²) in [7, 11) is -4.12. The molecule has 1 fully saturated rings. The second-order valence-electron chi connectivity index (χ2n) is 4.63. The van der Waals surface area contributed by atoms with Crippen LogP contribution in [0.15, 0.2) is 29.2 Å². The monoisotopic (exact) mass is 271 g/mol. The predicted molar refractivity (Wildman–Crippen MR) is 68.5 cm³/mol. The molecule has 1 aromatic rings. The van der Waals surface area contributed by atoms with E-state index in [-0.39, 0.29) is 17.1 Å². The fraction of sp³-hybridized carbons (Fsp3) is 0.500. The van der Waals surface area contributed by atoms with Gasteiger partial charge in [-0.25, -0.2) is 0 Å². The molecule has 0 aromatic heterocycles. The first-order valence-electron chi connectivity index (χ1n) is 5.84. The average molecular weight is 271 g/mol. The van der Waals surface area contributed by atoms with Crippen LogP contribution in [0.5, 0.6) is 0 Å². The Kier molecular flexibility index (Phi) is 3.61. The van der Waals surface area contributed by atoms with Crippen molar-refractivity contribution >= 4 is 15.8 Å². The number of hydrogen-bond donors (Lipinski definition) is 1. The minimum atomic E-state index is -4.12. The summed E-state index contributed by atoms with van der Waals surface area (Å²) in [6.45, 7) is 5.57. The van der Waals surface area contributed by atoms with Crippen molar-refractivity contribution in [3.63, 3.8) is 0 Å². The van der Waals surface area contributed by atoms with Crippen molar-refractivity contribution in [1.29, 1.82) is 0 Å². The Hall–Kier alpha value is -1.11. The molecule has 0 saturated carbocycles. The highest BCUT2D eigenvalue weighted by molar-refractivity contribution is 7.85. The first-order valence-corrected chi connectivity index (χ1v) is 7.28. The van der Waals surface area contributed by atoms with Gasteiger partial charge in [-0.1, -0.05) is 0 Å². The molecule has 18 heavy (non-hydrogen) atoms. The van der Waals surface area contributed by atoms with E-state index in [0.29, 0.717) is 0 Å². The van der Waals surface area contributed by atoms with E-state index in [9.17, 15) is 8.42 Å². The van der Waals surface area contributed by atoms with E-state index < -0.39 is 10.1 Å². The Morgan fingerprint density at radius 1 is 1.17 bits per heavy atom. The number of nitrogens with zero attached hydrogens (tertiary/aromatic N) is 1. The zero-order valence-electron chi connectivity index (χ0n) is 10.4. The van der Waals surface area contributed by atoms with E-state index in [1.54, 1.807) is 12.1 Å². The molecule has 2 atom stereocenters. The molecular formula is C12H17NO4S. The number of morpholine rings is 1. The van der Waals surface area contributed by atoms with Crippen molar-refractivity contribution in [2.45, 2.75) is 31.0 Å². The molecule has 0 amide bonds. The maximum atomic E-state index is 10.9. The number of rotatable bonds is 2. The summed E-state index contributed by atoms with van der Waals surface area (Å²) in [5, 5.41) is 0. The van der Waals surface area contributed by atoms with Crippen LogP contribution in [0, 0.1) is 0 Å². The molecule has 1 aliphatic rings. The first kappa shape index (κ1) is 13.3. The van der Waals surface area contributed by atoms with Gasteiger partial charge in [-0.05, 0) is 38.1 Å². The fourth-order valence-electron chi connectivity index (χ4n) is 2.22. The van der Waals surface area contributed by atoms with Crippen LogP contribution in [-0.2, 0) is 14.9 Å². The van der Waals surface area contributed by atoms with Gasteiger partial charge in [0.15, 0.2) is 0 Å². The van der Waals surface area contributed by atoms with Crippen LogP contribution < -0.4 is 4.90 Å². The lowest BCUT2D eigenvalue weighted by molar-refractivity contribution is -0.00522. The van der Waals surface area contributed by atoms with Gasteiger partial charge >= 0.3 is 0 Å². The molecule has 2 unspecified atom stereocenters. The molecule has 0 spiro atoms. The van der Waals surface area contributed by atoms with Crippen molar-refractivity contribution < 1.29 is 17.7 Å². The molecule has 0 radical (unpaired) electrons. The van der Waals surface area contributed by atoms with E-state index in [4.69, 9.17) is 9.29 Å². The van der Waals surface area contributed by atoms with Crippen LogP contribution in [0.2, 0.25) is 0 Å². The van der Waals surface area contributed by atoms with Crippen LogP contribution in [0.25, 0.3) is 0 Å². The average Bonchev–Trinajstić information content (AvgIpc) is 2.27. The normalized spacial score (nSPS) is 25.2. The second kappa shape index (κ2) is 4.87. The molecule has 5 nitrogen and oxygen atoms in total. The zero-order valence-corrected chi connectivity index (χ0v) is 11.2. The van der Waals surface area contributed by atoms with E-state index in [1.165, 1.54) is 12.1 Å². The zero-order chi connectivity index (χ0) is 13.3. The van der Waals surface area contributed by atoms with Gasteiger partial charge in [0.2, 0.25) is 0 Å². The summed E-state index contributed by atoms with van der Waals surface area (Å²) in [5.74, 6) is 0. The molecule has 0 bridgehead atoms. The van der Waals surface area contributed by atoms with Crippen LogP contribution in [0.3, 0.4) is 0 Å². The molecule has 100 valence electrons. The molecule has 1 heterocycles. The van der Waals surface area contributed by atoms with Gasteiger partial charge < -0.3 is 9.64 Å². The lowest BCUT2D eigenvalue weighted by Gasteiger charge is -2.36. The Morgan fingerprint density at radius 3 is 2.11 bits per heavy atom. The Bertz CT molecular complexity index is 501. The van der Waals surface area contributed by atoms with Crippen LogP contribution in [-0.4, -0.2) is 38.3 Å². The van der Waals surface area contributed by atoms with E-state index in [1.807, 2.05) is 13.8 Å². The molecule has 1 aliphatic heterocycles. The predicted octanol–water partition coefficient (Wildman–Crippen LogP) is 1.55. The summed E-state index contributed by atoms with van der Waals surface area (Å²) in [5.41, 5.74) is 0.935. The minimum Gasteiger partial charge on any atom is -0.372 e. The number of ether oxygens (including phenoxy) is 1. The van der Waals surface area contributed by atoms with Crippen LogP contribution in [0.1, 0.15) is 13.8 Å². The Morgan fingerprint density at radius 2 is 1.67 bits per heavy atom.